The van der Waals surface area contributed by atoms with Crippen molar-refractivity contribution >= 4 is 27.7 Å². The van der Waals surface area contributed by atoms with E-state index in [9.17, 15) is 0 Å². The molecule has 16 heavy (non-hydrogen) atoms. The van der Waals surface area contributed by atoms with Gasteiger partial charge in [0.25, 0.3) is 0 Å². The molecule has 2 rings (SSSR count). The molecule has 1 aromatic rings. The topological polar surface area (TPSA) is 12.0 Å². The van der Waals surface area contributed by atoms with Crippen LogP contribution in [0, 0.1) is 0 Å². The summed E-state index contributed by atoms with van der Waals surface area (Å²) < 4.78 is 1.23. The number of thioether (sulfide) groups is 1. The Morgan fingerprint density at radius 2 is 2.31 bits per heavy atom. The van der Waals surface area contributed by atoms with Gasteiger partial charge in [-0.25, -0.2) is 0 Å². The maximum Gasteiger partial charge on any atom is 0.0207 e. The first-order chi connectivity index (χ1) is 7.75. The largest absolute Gasteiger partial charge is 0.310 e. The molecule has 1 fully saturated rings. The molecule has 0 aliphatic carbocycles. The Labute approximate surface area is 111 Å². The van der Waals surface area contributed by atoms with Crippen LogP contribution in [-0.4, -0.2) is 23.6 Å². The lowest BCUT2D eigenvalue weighted by Gasteiger charge is -2.19. The molecule has 1 heterocycles. The third-order valence-electron chi connectivity index (χ3n) is 2.93. The molecule has 1 saturated heterocycles. The molecule has 0 spiro atoms. The summed E-state index contributed by atoms with van der Waals surface area (Å²) in [6.45, 7) is 2.28. The fourth-order valence-corrected chi connectivity index (χ4v) is 3.73. The minimum atomic E-state index is 0.558. The van der Waals surface area contributed by atoms with Crippen LogP contribution in [0.2, 0.25) is 0 Å². The number of rotatable bonds is 4. The van der Waals surface area contributed by atoms with Gasteiger partial charge in [0.1, 0.15) is 0 Å². The van der Waals surface area contributed by atoms with Crippen molar-refractivity contribution < 1.29 is 0 Å². The fourth-order valence-electron chi connectivity index (χ4n) is 2.12. The van der Waals surface area contributed by atoms with Gasteiger partial charge in [-0.05, 0) is 37.1 Å². The fraction of sp³-hybridized carbons (Fsp3) is 0.538. The molecular weight excluding hydrogens is 282 g/mol. The zero-order valence-corrected chi connectivity index (χ0v) is 12.0. The number of hydrogen-bond acceptors (Lipinski definition) is 2. The van der Waals surface area contributed by atoms with Gasteiger partial charge in [0.15, 0.2) is 0 Å². The van der Waals surface area contributed by atoms with Crippen LogP contribution < -0.4 is 5.32 Å². The molecule has 0 bridgehead atoms. The van der Waals surface area contributed by atoms with Gasteiger partial charge >= 0.3 is 0 Å². The van der Waals surface area contributed by atoms with Crippen molar-refractivity contribution in [1.82, 2.24) is 5.32 Å². The summed E-state index contributed by atoms with van der Waals surface area (Å²) in [5.41, 5.74) is 1.40. The highest BCUT2D eigenvalue weighted by Gasteiger charge is 2.17. The summed E-state index contributed by atoms with van der Waals surface area (Å²) in [5.74, 6) is 2.60. The molecule has 0 aromatic heterocycles. The second-order valence-electron chi connectivity index (χ2n) is 4.42. The molecule has 0 amide bonds. The average molecular weight is 300 g/mol. The quantitative estimate of drug-likeness (QED) is 0.913. The first kappa shape index (κ1) is 12.5. The van der Waals surface area contributed by atoms with Crippen LogP contribution in [0.3, 0.4) is 0 Å². The Bertz CT molecular complexity index is 336. The highest BCUT2D eigenvalue weighted by atomic mass is 79.9. The Balaban J connectivity index is 1.86. The zero-order valence-electron chi connectivity index (χ0n) is 9.58. The van der Waals surface area contributed by atoms with Crippen molar-refractivity contribution in [1.29, 1.82) is 0 Å². The number of hydrogen-bond donors (Lipinski definition) is 1. The minimum absolute atomic E-state index is 0.558. The van der Waals surface area contributed by atoms with Crippen molar-refractivity contribution in [2.24, 2.45) is 0 Å². The number of halogens is 1. The van der Waals surface area contributed by atoms with Crippen molar-refractivity contribution in [2.45, 2.75) is 31.8 Å². The highest BCUT2D eigenvalue weighted by Crippen LogP contribution is 2.20. The Hall–Kier alpha value is 0.01000. The Kier molecular flexibility index (Phi) is 4.74. The van der Waals surface area contributed by atoms with Gasteiger partial charge in [0.2, 0.25) is 0 Å². The Morgan fingerprint density at radius 1 is 1.50 bits per heavy atom. The molecule has 2 atom stereocenters. The molecule has 0 saturated carbocycles. The smallest absolute Gasteiger partial charge is 0.0207 e. The first-order valence-corrected chi connectivity index (χ1v) is 7.77. The van der Waals surface area contributed by atoms with Crippen LogP contribution in [0.25, 0.3) is 0 Å². The van der Waals surface area contributed by atoms with E-state index in [0.717, 1.165) is 12.5 Å². The molecule has 88 valence electrons. The predicted molar refractivity (Wildman–Crippen MR) is 76.2 cm³/mol. The Morgan fingerprint density at radius 3 is 3.00 bits per heavy atom. The molecule has 2 unspecified atom stereocenters. The summed E-state index contributed by atoms with van der Waals surface area (Å²) in [4.78, 5) is 0. The lowest BCUT2D eigenvalue weighted by molar-refractivity contribution is 0.470. The monoisotopic (exact) mass is 299 g/mol. The molecule has 3 heteroatoms. The molecule has 1 aliphatic rings. The van der Waals surface area contributed by atoms with E-state index in [1.165, 1.54) is 28.0 Å². The minimum Gasteiger partial charge on any atom is -0.310 e. The molecule has 1 aliphatic heterocycles. The van der Waals surface area contributed by atoms with Crippen molar-refractivity contribution in [3.63, 3.8) is 0 Å². The summed E-state index contributed by atoms with van der Waals surface area (Å²) >= 11 is 5.67. The van der Waals surface area contributed by atoms with E-state index in [-0.39, 0.29) is 0 Å². The van der Waals surface area contributed by atoms with E-state index in [2.05, 4.69) is 64.2 Å². The predicted octanol–water partition coefficient (Wildman–Crippen LogP) is 3.48. The summed E-state index contributed by atoms with van der Waals surface area (Å²) in [6, 6.07) is 9.78. The van der Waals surface area contributed by atoms with Gasteiger partial charge in [-0.2, -0.15) is 11.8 Å². The van der Waals surface area contributed by atoms with Gasteiger partial charge < -0.3 is 5.32 Å². The summed E-state index contributed by atoms with van der Waals surface area (Å²) in [7, 11) is 0. The molecular formula is C13H18BrNS. The molecule has 1 N–H and O–H groups in total. The zero-order chi connectivity index (χ0) is 11.4. The third-order valence-corrected chi connectivity index (χ3v) is 4.87. The van der Waals surface area contributed by atoms with E-state index >= 15 is 0 Å². The van der Waals surface area contributed by atoms with Gasteiger partial charge in [-0.3, -0.25) is 0 Å². The normalized spacial score (nSPS) is 22.2. The van der Waals surface area contributed by atoms with Gasteiger partial charge in [0.05, 0.1) is 0 Å². The first-order valence-electron chi connectivity index (χ1n) is 5.83. The lowest BCUT2D eigenvalue weighted by Crippen LogP contribution is -2.37. The summed E-state index contributed by atoms with van der Waals surface area (Å²) in [5, 5.41) is 3.71. The van der Waals surface area contributed by atoms with E-state index in [4.69, 9.17) is 0 Å². The van der Waals surface area contributed by atoms with E-state index in [1.807, 2.05) is 0 Å². The maximum absolute atomic E-state index is 3.71. The summed E-state index contributed by atoms with van der Waals surface area (Å²) in [6.07, 6.45) is 2.42. The van der Waals surface area contributed by atoms with E-state index in [1.54, 1.807) is 0 Å². The second-order valence-corrected chi connectivity index (χ2v) is 6.43. The van der Waals surface area contributed by atoms with E-state index in [0.29, 0.717) is 6.04 Å². The van der Waals surface area contributed by atoms with Crippen LogP contribution in [0.1, 0.15) is 18.9 Å². The van der Waals surface area contributed by atoms with Crippen molar-refractivity contribution in [3.8, 4) is 0 Å². The van der Waals surface area contributed by atoms with Crippen LogP contribution in [-0.2, 0) is 6.42 Å². The van der Waals surface area contributed by atoms with Crippen molar-refractivity contribution in [3.05, 3.63) is 34.3 Å². The second kappa shape index (κ2) is 6.08. The average Bonchev–Trinajstić information content (AvgIpc) is 2.74. The highest BCUT2D eigenvalue weighted by molar-refractivity contribution is 9.10. The lowest BCUT2D eigenvalue weighted by atomic mass is 10.1. The van der Waals surface area contributed by atoms with Gasteiger partial charge in [-0.1, -0.05) is 34.1 Å². The number of nitrogens with one attached hydrogen (secondary N) is 1. The molecule has 1 nitrogen and oxygen atoms in total. The van der Waals surface area contributed by atoms with E-state index < -0.39 is 0 Å². The van der Waals surface area contributed by atoms with Crippen LogP contribution in [0.4, 0.5) is 0 Å². The SMILES string of the molecule is CC(Cc1ccccc1Br)NC1CCSC1. The van der Waals surface area contributed by atoms with Crippen LogP contribution in [0.5, 0.6) is 0 Å². The number of benzene rings is 1. The van der Waals surface area contributed by atoms with Crippen LogP contribution in [0.15, 0.2) is 28.7 Å². The standard InChI is InChI=1S/C13H18BrNS/c1-10(15-12-6-7-16-9-12)8-11-4-2-3-5-13(11)14/h2-5,10,12,15H,6-9H2,1H3. The molecule has 0 radical (unpaired) electrons. The maximum atomic E-state index is 3.71. The van der Waals surface area contributed by atoms with Gasteiger partial charge in [-0.15, -0.1) is 0 Å². The van der Waals surface area contributed by atoms with Crippen LogP contribution >= 0.6 is 27.7 Å². The van der Waals surface area contributed by atoms with Crippen molar-refractivity contribution in [2.75, 3.05) is 11.5 Å². The molecule has 1 aromatic carbocycles. The van der Waals surface area contributed by atoms with Gasteiger partial charge in [0, 0.05) is 22.3 Å². The third kappa shape index (κ3) is 3.51.